The van der Waals surface area contributed by atoms with Gasteiger partial charge in [0.2, 0.25) is 11.5 Å². The Hall–Kier alpha value is -1.63. The Labute approximate surface area is 98.3 Å². The molecule has 2 rings (SSSR count). The molecule has 1 aliphatic carbocycles. The lowest BCUT2D eigenvalue weighted by Gasteiger charge is -2.27. The molecule has 1 amide bonds. The highest BCUT2D eigenvalue weighted by atomic mass is 16.6. The van der Waals surface area contributed by atoms with Crippen LogP contribution in [0.3, 0.4) is 0 Å². The van der Waals surface area contributed by atoms with Gasteiger partial charge in [-0.05, 0) is 23.2 Å². The van der Waals surface area contributed by atoms with Crippen LogP contribution in [0.5, 0.6) is 0 Å². The Morgan fingerprint density at radius 1 is 1.47 bits per heavy atom. The maximum atomic E-state index is 11.6. The minimum atomic E-state index is -0.415. The lowest BCUT2D eigenvalue weighted by Crippen LogP contribution is -2.37. The van der Waals surface area contributed by atoms with Crippen molar-refractivity contribution in [2.45, 2.75) is 31.8 Å². The second-order valence-corrected chi connectivity index (χ2v) is 4.32. The van der Waals surface area contributed by atoms with Gasteiger partial charge in [0.1, 0.15) is 0 Å². The molecule has 7 nitrogen and oxygen atoms in total. The van der Waals surface area contributed by atoms with Crippen LogP contribution in [0.4, 0.5) is 5.82 Å². The van der Waals surface area contributed by atoms with E-state index in [2.05, 4.69) is 20.3 Å². The zero-order chi connectivity index (χ0) is 12.3. The molecule has 94 valence electrons. The number of carbonyl (C=O) groups is 1. The molecule has 17 heavy (non-hydrogen) atoms. The monoisotopic (exact) mass is 240 g/mol. The van der Waals surface area contributed by atoms with E-state index in [0.29, 0.717) is 6.54 Å². The largest absolute Gasteiger partial charge is 0.393 e. The summed E-state index contributed by atoms with van der Waals surface area (Å²) in [5.41, 5.74) is 5.40. The highest BCUT2D eigenvalue weighted by molar-refractivity contribution is 5.95. The summed E-state index contributed by atoms with van der Waals surface area (Å²) in [7, 11) is 0. The van der Waals surface area contributed by atoms with Crippen LogP contribution < -0.4 is 11.1 Å². The van der Waals surface area contributed by atoms with Crippen molar-refractivity contribution in [2.75, 3.05) is 12.3 Å². The number of aliphatic hydroxyl groups excluding tert-OH is 1. The Morgan fingerprint density at radius 3 is 2.88 bits per heavy atom. The number of aliphatic hydroxyl groups is 1. The second kappa shape index (κ2) is 5.13. The zero-order valence-corrected chi connectivity index (χ0v) is 9.43. The maximum Gasteiger partial charge on any atom is 0.277 e. The van der Waals surface area contributed by atoms with Gasteiger partial charge in [-0.2, -0.15) is 0 Å². The summed E-state index contributed by atoms with van der Waals surface area (Å²) in [6, 6.07) is 0. The molecule has 1 saturated carbocycles. The van der Waals surface area contributed by atoms with Crippen LogP contribution in [0.15, 0.2) is 4.63 Å². The summed E-state index contributed by atoms with van der Waals surface area (Å²) in [5, 5.41) is 19.2. The van der Waals surface area contributed by atoms with Crippen molar-refractivity contribution in [3.05, 3.63) is 5.69 Å². The Bertz CT molecular complexity index is 393. The molecule has 7 heteroatoms. The van der Waals surface area contributed by atoms with Gasteiger partial charge in [0.05, 0.1) is 6.10 Å². The van der Waals surface area contributed by atoms with Crippen LogP contribution in [0, 0.1) is 5.92 Å². The molecule has 1 aromatic heterocycles. The summed E-state index contributed by atoms with van der Waals surface area (Å²) in [6.07, 6.45) is 3.52. The smallest absolute Gasteiger partial charge is 0.277 e. The van der Waals surface area contributed by atoms with Crippen LogP contribution >= 0.6 is 0 Å². The number of aromatic nitrogens is 2. The van der Waals surface area contributed by atoms with E-state index in [9.17, 15) is 9.90 Å². The van der Waals surface area contributed by atoms with Crippen molar-refractivity contribution in [3.63, 3.8) is 0 Å². The van der Waals surface area contributed by atoms with Crippen molar-refractivity contribution in [3.8, 4) is 0 Å². The highest BCUT2D eigenvalue weighted by Gasteiger charge is 2.24. The van der Waals surface area contributed by atoms with Gasteiger partial charge in [0.25, 0.3) is 5.91 Å². The summed E-state index contributed by atoms with van der Waals surface area (Å²) >= 11 is 0. The summed E-state index contributed by atoms with van der Waals surface area (Å²) in [5.74, 6) is -0.331. The van der Waals surface area contributed by atoms with E-state index in [-0.39, 0.29) is 23.5 Å². The van der Waals surface area contributed by atoms with Crippen molar-refractivity contribution in [1.29, 1.82) is 0 Å². The van der Waals surface area contributed by atoms with E-state index in [1.54, 1.807) is 0 Å². The van der Waals surface area contributed by atoms with Gasteiger partial charge in [-0.15, -0.1) is 0 Å². The molecule has 4 N–H and O–H groups in total. The van der Waals surface area contributed by atoms with Gasteiger partial charge in [0.15, 0.2) is 0 Å². The third kappa shape index (κ3) is 2.73. The summed E-state index contributed by atoms with van der Waals surface area (Å²) in [6.45, 7) is 0.423. The second-order valence-electron chi connectivity index (χ2n) is 4.32. The molecule has 1 fully saturated rings. The molecule has 0 saturated heterocycles. The molecule has 0 bridgehead atoms. The van der Waals surface area contributed by atoms with Gasteiger partial charge in [0, 0.05) is 12.5 Å². The fourth-order valence-electron chi connectivity index (χ4n) is 2.09. The van der Waals surface area contributed by atoms with E-state index in [0.717, 1.165) is 25.7 Å². The Morgan fingerprint density at radius 2 is 2.24 bits per heavy atom. The number of hydrogen-bond acceptors (Lipinski definition) is 6. The first kappa shape index (κ1) is 11.8. The number of nitrogens with zero attached hydrogens (tertiary/aromatic N) is 2. The van der Waals surface area contributed by atoms with E-state index in [1.807, 2.05) is 0 Å². The third-order valence-corrected chi connectivity index (χ3v) is 3.12. The molecule has 0 spiro atoms. The molecule has 1 heterocycles. The lowest BCUT2D eigenvalue weighted by molar-refractivity contribution is 0.0661. The number of hydrogen-bond donors (Lipinski definition) is 3. The van der Waals surface area contributed by atoms with Crippen LogP contribution in [0.1, 0.15) is 36.2 Å². The topological polar surface area (TPSA) is 114 Å². The Balaban J connectivity index is 1.86. The van der Waals surface area contributed by atoms with Gasteiger partial charge in [-0.1, -0.05) is 12.8 Å². The summed E-state index contributed by atoms with van der Waals surface area (Å²) in [4.78, 5) is 11.6. The number of anilines is 1. The first-order chi connectivity index (χ1) is 8.18. The van der Waals surface area contributed by atoms with Crippen LogP contribution in [-0.2, 0) is 0 Å². The average molecular weight is 240 g/mol. The predicted octanol–water partition coefficient (Wildman–Crippen LogP) is -0.0673. The standard InChI is InChI=1S/C10H16N4O3/c11-9-8(13-17-14-9)10(16)12-5-6-3-1-2-4-7(6)15/h6-7,15H,1-5H2,(H2,11,14)(H,12,16). The van der Waals surface area contributed by atoms with Crippen molar-refractivity contribution >= 4 is 11.7 Å². The van der Waals surface area contributed by atoms with Crippen LogP contribution in [-0.4, -0.2) is 34.0 Å². The molecule has 1 aromatic rings. The predicted molar refractivity (Wildman–Crippen MR) is 59.0 cm³/mol. The number of amides is 1. The normalized spacial score (nSPS) is 24.5. The maximum absolute atomic E-state index is 11.6. The van der Waals surface area contributed by atoms with Crippen molar-refractivity contribution < 1.29 is 14.5 Å². The molecule has 1 aliphatic rings. The van der Waals surface area contributed by atoms with Gasteiger partial charge in [-0.25, -0.2) is 4.63 Å². The average Bonchev–Trinajstić information content (AvgIpc) is 2.74. The van der Waals surface area contributed by atoms with Gasteiger partial charge in [-0.3, -0.25) is 4.79 Å². The van der Waals surface area contributed by atoms with Gasteiger partial charge >= 0.3 is 0 Å². The molecular formula is C10H16N4O3. The fraction of sp³-hybridized carbons (Fsp3) is 0.700. The first-order valence-corrected chi connectivity index (χ1v) is 5.72. The van der Waals surface area contributed by atoms with Crippen LogP contribution in [0.2, 0.25) is 0 Å². The first-order valence-electron chi connectivity index (χ1n) is 5.72. The molecular weight excluding hydrogens is 224 g/mol. The van der Waals surface area contributed by atoms with E-state index < -0.39 is 5.91 Å². The highest BCUT2D eigenvalue weighted by Crippen LogP contribution is 2.23. The molecule has 2 unspecified atom stereocenters. The molecule has 2 atom stereocenters. The minimum absolute atomic E-state index is 0.00435. The molecule has 0 aliphatic heterocycles. The molecule has 0 aromatic carbocycles. The number of nitrogens with one attached hydrogen (secondary N) is 1. The third-order valence-electron chi connectivity index (χ3n) is 3.12. The van der Waals surface area contributed by atoms with Crippen molar-refractivity contribution in [1.82, 2.24) is 15.6 Å². The Kier molecular flexibility index (Phi) is 3.58. The lowest BCUT2D eigenvalue weighted by atomic mass is 9.86. The van der Waals surface area contributed by atoms with Crippen molar-refractivity contribution in [2.24, 2.45) is 5.92 Å². The van der Waals surface area contributed by atoms with E-state index >= 15 is 0 Å². The zero-order valence-electron chi connectivity index (χ0n) is 9.43. The summed E-state index contributed by atoms with van der Waals surface area (Å²) < 4.78 is 4.34. The number of nitrogen functional groups attached to an aromatic ring is 1. The van der Waals surface area contributed by atoms with E-state index in [1.165, 1.54) is 0 Å². The minimum Gasteiger partial charge on any atom is -0.393 e. The van der Waals surface area contributed by atoms with Gasteiger partial charge < -0.3 is 16.2 Å². The van der Waals surface area contributed by atoms with Crippen LogP contribution in [0.25, 0.3) is 0 Å². The SMILES string of the molecule is Nc1nonc1C(=O)NCC1CCCCC1O. The fourth-order valence-corrected chi connectivity index (χ4v) is 2.09. The molecule has 0 radical (unpaired) electrons. The number of nitrogens with two attached hydrogens (primary N) is 1. The number of carbonyl (C=O) groups excluding carboxylic acids is 1. The quantitative estimate of drug-likeness (QED) is 0.681. The number of rotatable bonds is 3. The van der Waals surface area contributed by atoms with E-state index in [4.69, 9.17) is 5.73 Å².